The second-order valence-corrected chi connectivity index (χ2v) is 5.88. The number of hydrogen-bond acceptors (Lipinski definition) is 4. The van der Waals surface area contributed by atoms with E-state index < -0.39 is 12.0 Å². The molecule has 2 aromatic carbocycles. The van der Waals surface area contributed by atoms with Gasteiger partial charge in [0.1, 0.15) is 6.04 Å². The second-order valence-electron chi connectivity index (χ2n) is 4.89. The predicted octanol–water partition coefficient (Wildman–Crippen LogP) is 2.86. The van der Waals surface area contributed by atoms with E-state index in [-0.39, 0.29) is 5.91 Å². The van der Waals surface area contributed by atoms with Gasteiger partial charge in [-0.3, -0.25) is 4.79 Å². The molecule has 4 nitrogen and oxygen atoms in total. The first-order valence-corrected chi connectivity index (χ1v) is 8.41. The lowest BCUT2D eigenvalue weighted by molar-refractivity contribution is -0.142. The van der Waals surface area contributed by atoms with E-state index in [1.807, 2.05) is 42.7 Å². The van der Waals surface area contributed by atoms with Gasteiger partial charge >= 0.3 is 5.97 Å². The van der Waals surface area contributed by atoms with Crippen molar-refractivity contribution < 1.29 is 14.3 Å². The van der Waals surface area contributed by atoms with Crippen molar-refractivity contribution in [2.45, 2.75) is 12.5 Å². The van der Waals surface area contributed by atoms with Gasteiger partial charge in [-0.1, -0.05) is 30.3 Å². The van der Waals surface area contributed by atoms with Crippen molar-refractivity contribution in [3.63, 3.8) is 0 Å². The number of esters is 1. The lowest BCUT2D eigenvalue weighted by Crippen LogP contribution is -2.41. The highest BCUT2D eigenvalue weighted by Crippen LogP contribution is 2.16. The molecule has 0 saturated heterocycles. The van der Waals surface area contributed by atoms with E-state index in [0.29, 0.717) is 12.0 Å². The maximum atomic E-state index is 12.4. The van der Waals surface area contributed by atoms with Gasteiger partial charge in [0.25, 0.3) is 5.91 Å². The number of nitrogens with one attached hydrogen (secondary N) is 1. The van der Waals surface area contributed by atoms with Gasteiger partial charge in [-0.2, -0.15) is 11.8 Å². The highest BCUT2D eigenvalue weighted by molar-refractivity contribution is 7.98. The summed E-state index contributed by atoms with van der Waals surface area (Å²) in [7, 11) is 1.33. The van der Waals surface area contributed by atoms with Gasteiger partial charge in [0.2, 0.25) is 0 Å². The number of rotatable bonds is 6. The van der Waals surface area contributed by atoms with Crippen molar-refractivity contribution in [3.05, 3.63) is 48.0 Å². The molecule has 0 aromatic heterocycles. The Bertz CT molecular complexity index is 672. The molecule has 5 heteroatoms. The van der Waals surface area contributed by atoms with E-state index in [2.05, 4.69) is 5.32 Å². The van der Waals surface area contributed by atoms with E-state index in [1.165, 1.54) is 7.11 Å². The summed E-state index contributed by atoms with van der Waals surface area (Å²) in [5, 5.41) is 4.83. The predicted molar refractivity (Wildman–Crippen MR) is 90.2 cm³/mol. The molecule has 2 rings (SSSR count). The number of methoxy groups -OCH3 is 1. The van der Waals surface area contributed by atoms with Gasteiger partial charge in [0.15, 0.2) is 0 Å². The number of amides is 1. The van der Waals surface area contributed by atoms with Gasteiger partial charge in [-0.05, 0) is 41.3 Å². The number of hydrogen-bond donors (Lipinski definition) is 1. The van der Waals surface area contributed by atoms with Crippen LogP contribution < -0.4 is 5.32 Å². The Morgan fingerprint density at radius 2 is 1.91 bits per heavy atom. The minimum Gasteiger partial charge on any atom is -0.467 e. The van der Waals surface area contributed by atoms with Crippen LogP contribution in [0, 0.1) is 0 Å². The third-order valence-corrected chi connectivity index (χ3v) is 4.06. The number of ether oxygens (including phenoxy) is 1. The zero-order valence-electron chi connectivity index (χ0n) is 12.7. The van der Waals surface area contributed by atoms with Crippen LogP contribution in [0.4, 0.5) is 0 Å². The average molecular weight is 317 g/mol. The highest BCUT2D eigenvalue weighted by atomic mass is 32.2. The van der Waals surface area contributed by atoms with E-state index in [0.717, 1.165) is 16.5 Å². The van der Waals surface area contributed by atoms with Crippen molar-refractivity contribution in [1.82, 2.24) is 5.32 Å². The summed E-state index contributed by atoms with van der Waals surface area (Å²) in [6.45, 7) is 0. The first-order chi connectivity index (χ1) is 10.7. The van der Waals surface area contributed by atoms with Crippen LogP contribution in [0.25, 0.3) is 10.8 Å². The number of carbonyl (C=O) groups is 2. The van der Waals surface area contributed by atoms with Crippen LogP contribution in [-0.2, 0) is 9.53 Å². The minimum atomic E-state index is -0.614. The van der Waals surface area contributed by atoms with Gasteiger partial charge in [0.05, 0.1) is 7.11 Å². The zero-order chi connectivity index (χ0) is 15.9. The van der Waals surface area contributed by atoms with Crippen LogP contribution in [0.15, 0.2) is 42.5 Å². The van der Waals surface area contributed by atoms with Crippen LogP contribution in [0.1, 0.15) is 16.8 Å². The Kier molecular flexibility index (Phi) is 5.83. The van der Waals surface area contributed by atoms with Crippen LogP contribution in [0.5, 0.6) is 0 Å². The number of fused-ring (bicyclic) bond motifs is 1. The smallest absolute Gasteiger partial charge is 0.328 e. The average Bonchev–Trinajstić information content (AvgIpc) is 2.57. The molecule has 0 unspecified atom stereocenters. The first kappa shape index (κ1) is 16.4. The van der Waals surface area contributed by atoms with Gasteiger partial charge < -0.3 is 10.1 Å². The fourth-order valence-corrected chi connectivity index (χ4v) is 2.67. The third-order valence-electron chi connectivity index (χ3n) is 3.41. The molecule has 0 fully saturated rings. The van der Waals surface area contributed by atoms with Crippen LogP contribution in [0.3, 0.4) is 0 Å². The third kappa shape index (κ3) is 4.01. The summed E-state index contributed by atoms with van der Waals surface area (Å²) in [6, 6.07) is 12.7. The number of benzene rings is 2. The summed E-state index contributed by atoms with van der Waals surface area (Å²) >= 11 is 1.62. The molecule has 0 spiro atoms. The summed E-state index contributed by atoms with van der Waals surface area (Å²) in [6.07, 6.45) is 2.51. The Hall–Kier alpha value is -2.01. The summed E-state index contributed by atoms with van der Waals surface area (Å²) < 4.78 is 4.75. The van der Waals surface area contributed by atoms with Gasteiger partial charge in [-0.15, -0.1) is 0 Å². The number of thioether (sulfide) groups is 1. The van der Waals surface area contributed by atoms with E-state index >= 15 is 0 Å². The standard InChI is InChI=1S/C17H19NO3S/c1-21-17(20)15(9-10-22-2)18-16(19)14-8-7-12-5-3-4-6-13(12)11-14/h3-8,11,15H,9-10H2,1-2H3,(H,18,19)/t15-/m0/s1. The number of carbonyl (C=O) groups excluding carboxylic acids is 2. The molecule has 0 bridgehead atoms. The fraction of sp³-hybridized carbons (Fsp3) is 0.294. The Morgan fingerprint density at radius 3 is 2.59 bits per heavy atom. The molecule has 22 heavy (non-hydrogen) atoms. The zero-order valence-corrected chi connectivity index (χ0v) is 13.5. The largest absolute Gasteiger partial charge is 0.467 e. The van der Waals surface area contributed by atoms with Crippen molar-refractivity contribution >= 4 is 34.4 Å². The maximum absolute atomic E-state index is 12.4. The molecule has 1 N–H and O–H groups in total. The molecular weight excluding hydrogens is 298 g/mol. The molecule has 1 amide bonds. The summed E-state index contributed by atoms with van der Waals surface area (Å²) in [4.78, 5) is 24.1. The van der Waals surface area contributed by atoms with E-state index in [1.54, 1.807) is 17.8 Å². The van der Waals surface area contributed by atoms with Gasteiger partial charge in [0, 0.05) is 5.56 Å². The van der Waals surface area contributed by atoms with E-state index in [9.17, 15) is 9.59 Å². The quantitative estimate of drug-likeness (QED) is 0.832. The summed E-state index contributed by atoms with van der Waals surface area (Å²) in [5.41, 5.74) is 0.539. The van der Waals surface area contributed by atoms with Crippen LogP contribution >= 0.6 is 11.8 Å². The Balaban J connectivity index is 2.15. The fourth-order valence-electron chi connectivity index (χ4n) is 2.20. The molecule has 0 aliphatic rings. The molecule has 0 radical (unpaired) electrons. The molecule has 1 atom stereocenters. The molecule has 0 aliphatic heterocycles. The molecule has 0 aliphatic carbocycles. The van der Waals surface area contributed by atoms with Crippen LogP contribution in [-0.4, -0.2) is 37.0 Å². The first-order valence-electron chi connectivity index (χ1n) is 7.02. The van der Waals surface area contributed by atoms with E-state index in [4.69, 9.17) is 4.74 Å². The van der Waals surface area contributed by atoms with Crippen molar-refractivity contribution in [3.8, 4) is 0 Å². The minimum absolute atomic E-state index is 0.262. The SMILES string of the molecule is COC(=O)[C@H](CCSC)NC(=O)c1ccc2ccccc2c1. The van der Waals surface area contributed by atoms with Crippen molar-refractivity contribution in [2.75, 3.05) is 19.1 Å². The molecule has 0 saturated carbocycles. The molecule has 2 aromatic rings. The topological polar surface area (TPSA) is 55.4 Å². The maximum Gasteiger partial charge on any atom is 0.328 e. The lowest BCUT2D eigenvalue weighted by Gasteiger charge is -2.16. The van der Waals surface area contributed by atoms with Gasteiger partial charge in [-0.25, -0.2) is 4.79 Å². The molecular formula is C17H19NO3S. The summed E-state index contributed by atoms with van der Waals surface area (Å²) in [5.74, 6) is 0.100. The van der Waals surface area contributed by atoms with Crippen molar-refractivity contribution in [2.24, 2.45) is 0 Å². The van der Waals surface area contributed by atoms with Crippen LogP contribution in [0.2, 0.25) is 0 Å². The van der Waals surface area contributed by atoms with Crippen molar-refractivity contribution in [1.29, 1.82) is 0 Å². The molecule has 0 heterocycles. The normalized spacial score (nSPS) is 11.9. The monoisotopic (exact) mass is 317 g/mol. The second kappa shape index (κ2) is 7.84. The highest BCUT2D eigenvalue weighted by Gasteiger charge is 2.21. The lowest BCUT2D eigenvalue weighted by atomic mass is 10.1. The Morgan fingerprint density at radius 1 is 1.18 bits per heavy atom. The molecule has 116 valence electrons. The Labute approximate surface area is 134 Å².